The van der Waals surface area contributed by atoms with Crippen LogP contribution in [0.25, 0.3) is 11.0 Å². The second-order valence-electron chi connectivity index (χ2n) is 6.44. The zero-order chi connectivity index (χ0) is 13.0. The Labute approximate surface area is 113 Å². The summed E-state index contributed by atoms with van der Waals surface area (Å²) in [7, 11) is 0. The maximum Gasteiger partial charge on any atom is 0.117 e. The summed E-state index contributed by atoms with van der Waals surface area (Å²) in [4.78, 5) is 4.96. The molecule has 2 aliphatic rings. The van der Waals surface area contributed by atoms with Crippen LogP contribution in [0.5, 0.6) is 0 Å². The quantitative estimate of drug-likeness (QED) is 0.896. The van der Waals surface area contributed by atoms with E-state index in [0.29, 0.717) is 6.04 Å². The predicted molar refractivity (Wildman–Crippen MR) is 77.2 cm³/mol. The molecule has 2 atom stereocenters. The third-order valence-corrected chi connectivity index (χ3v) is 5.05. The fourth-order valence-electron chi connectivity index (χ4n) is 3.62. The summed E-state index contributed by atoms with van der Waals surface area (Å²) in [5, 5.41) is 0. The first-order valence-corrected chi connectivity index (χ1v) is 7.43. The Hall–Kier alpha value is -1.35. The molecule has 0 saturated heterocycles. The number of para-hydroxylation sites is 2. The molecule has 0 bridgehead atoms. The van der Waals surface area contributed by atoms with Gasteiger partial charge in [0.25, 0.3) is 0 Å². The highest BCUT2D eigenvalue weighted by Gasteiger charge is 2.43. The van der Waals surface area contributed by atoms with Gasteiger partial charge in [-0.1, -0.05) is 25.5 Å². The highest BCUT2D eigenvalue weighted by atomic mass is 15.1. The van der Waals surface area contributed by atoms with E-state index in [-0.39, 0.29) is 11.5 Å². The number of aromatic nitrogens is 2. The van der Waals surface area contributed by atoms with Gasteiger partial charge in [0.2, 0.25) is 0 Å². The van der Waals surface area contributed by atoms with Crippen LogP contribution in [0.4, 0.5) is 0 Å². The zero-order valence-electron chi connectivity index (χ0n) is 11.5. The summed E-state index contributed by atoms with van der Waals surface area (Å²) in [6.07, 6.45) is 6.11. The molecule has 19 heavy (non-hydrogen) atoms. The van der Waals surface area contributed by atoms with Gasteiger partial charge in [0, 0.05) is 17.5 Å². The van der Waals surface area contributed by atoms with E-state index in [4.69, 9.17) is 10.7 Å². The molecule has 0 aliphatic heterocycles. The monoisotopic (exact) mass is 255 g/mol. The lowest BCUT2D eigenvalue weighted by Gasteiger charge is -2.29. The van der Waals surface area contributed by atoms with Crippen LogP contribution in [0.3, 0.4) is 0 Å². The molecule has 2 unspecified atom stereocenters. The Kier molecular flexibility index (Phi) is 2.31. The second-order valence-corrected chi connectivity index (χ2v) is 6.44. The first-order chi connectivity index (χ1) is 9.20. The van der Waals surface area contributed by atoms with Crippen molar-refractivity contribution in [1.29, 1.82) is 0 Å². The van der Waals surface area contributed by atoms with E-state index in [0.717, 1.165) is 11.9 Å². The van der Waals surface area contributed by atoms with Gasteiger partial charge in [-0.25, -0.2) is 4.98 Å². The minimum atomic E-state index is 0.0572. The molecule has 100 valence electrons. The van der Waals surface area contributed by atoms with E-state index in [1.807, 2.05) is 0 Å². The third-order valence-electron chi connectivity index (χ3n) is 5.05. The van der Waals surface area contributed by atoms with Crippen molar-refractivity contribution in [2.45, 2.75) is 56.5 Å². The summed E-state index contributed by atoms with van der Waals surface area (Å²) in [6, 6.07) is 9.43. The van der Waals surface area contributed by atoms with E-state index in [2.05, 4.69) is 35.8 Å². The molecular formula is C16H21N3. The molecule has 0 spiro atoms. The molecule has 2 aliphatic carbocycles. The Morgan fingerprint density at radius 3 is 2.74 bits per heavy atom. The van der Waals surface area contributed by atoms with Crippen LogP contribution in [0.2, 0.25) is 0 Å². The first-order valence-electron chi connectivity index (χ1n) is 7.43. The average molecular weight is 255 g/mol. The van der Waals surface area contributed by atoms with Crippen LogP contribution in [0.15, 0.2) is 24.3 Å². The Morgan fingerprint density at radius 1 is 1.26 bits per heavy atom. The number of nitrogens with zero attached hydrogens (tertiary/aromatic N) is 2. The zero-order valence-corrected chi connectivity index (χ0v) is 11.5. The first kappa shape index (κ1) is 11.5. The van der Waals surface area contributed by atoms with Gasteiger partial charge in [-0.05, 0) is 37.8 Å². The maximum absolute atomic E-state index is 6.40. The Balaban J connectivity index is 1.96. The van der Waals surface area contributed by atoms with Gasteiger partial charge in [0.15, 0.2) is 0 Å². The lowest BCUT2D eigenvalue weighted by atomic mass is 9.84. The smallest absolute Gasteiger partial charge is 0.117 e. The largest absolute Gasteiger partial charge is 0.327 e. The van der Waals surface area contributed by atoms with Crippen LogP contribution in [0.1, 0.15) is 50.9 Å². The molecule has 1 aromatic heterocycles. The summed E-state index contributed by atoms with van der Waals surface area (Å²) in [5.74, 6) is 1.24. The van der Waals surface area contributed by atoms with Crippen LogP contribution in [0, 0.1) is 0 Å². The van der Waals surface area contributed by atoms with Crippen molar-refractivity contribution in [3.8, 4) is 0 Å². The molecule has 2 saturated carbocycles. The van der Waals surface area contributed by atoms with Crippen molar-refractivity contribution in [3.63, 3.8) is 0 Å². The molecule has 0 radical (unpaired) electrons. The van der Waals surface area contributed by atoms with Crippen molar-refractivity contribution in [1.82, 2.24) is 9.55 Å². The van der Waals surface area contributed by atoms with Gasteiger partial charge in [-0.3, -0.25) is 0 Å². The molecular weight excluding hydrogens is 234 g/mol. The predicted octanol–water partition coefficient (Wildman–Crippen LogP) is 3.14. The lowest BCUT2D eigenvalue weighted by Crippen LogP contribution is -2.40. The van der Waals surface area contributed by atoms with Gasteiger partial charge in [-0.15, -0.1) is 0 Å². The number of hydrogen-bond donors (Lipinski definition) is 1. The van der Waals surface area contributed by atoms with Crippen LogP contribution in [-0.2, 0) is 5.41 Å². The molecule has 0 amide bonds. The fourth-order valence-corrected chi connectivity index (χ4v) is 3.62. The van der Waals surface area contributed by atoms with Crippen molar-refractivity contribution in [2.75, 3.05) is 0 Å². The summed E-state index contributed by atoms with van der Waals surface area (Å²) in [6.45, 7) is 2.31. The summed E-state index contributed by atoms with van der Waals surface area (Å²) < 4.78 is 2.49. The molecule has 3 heteroatoms. The molecule has 2 fully saturated rings. The van der Waals surface area contributed by atoms with Crippen molar-refractivity contribution < 1.29 is 0 Å². The van der Waals surface area contributed by atoms with Crippen LogP contribution in [-0.4, -0.2) is 15.6 Å². The molecule has 2 N–H and O–H groups in total. The Bertz CT molecular complexity index is 626. The maximum atomic E-state index is 6.40. The standard InChI is InChI=1S/C16H21N3/c1-16(10-4-7-14(16)17)15-18-12-5-2-3-6-13(12)19(15)11-8-9-11/h2-3,5-6,11,14H,4,7-10,17H2,1H3. The molecule has 3 nitrogen and oxygen atoms in total. The Morgan fingerprint density at radius 2 is 2.05 bits per heavy atom. The van der Waals surface area contributed by atoms with Gasteiger partial charge >= 0.3 is 0 Å². The van der Waals surface area contributed by atoms with E-state index in [1.54, 1.807) is 0 Å². The van der Waals surface area contributed by atoms with Crippen LogP contribution >= 0.6 is 0 Å². The normalized spacial score (nSPS) is 31.2. The van der Waals surface area contributed by atoms with Crippen molar-refractivity contribution in [3.05, 3.63) is 30.1 Å². The van der Waals surface area contributed by atoms with Crippen molar-refractivity contribution in [2.24, 2.45) is 5.73 Å². The van der Waals surface area contributed by atoms with E-state index >= 15 is 0 Å². The number of fused-ring (bicyclic) bond motifs is 1. The van der Waals surface area contributed by atoms with E-state index in [9.17, 15) is 0 Å². The number of hydrogen-bond acceptors (Lipinski definition) is 2. The van der Waals surface area contributed by atoms with Gasteiger partial charge < -0.3 is 10.3 Å². The number of rotatable bonds is 2. The minimum absolute atomic E-state index is 0.0572. The highest BCUT2D eigenvalue weighted by molar-refractivity contribution is 5.76. The molecule has 1 aromatic carbocycles. The molecule has 4 rings (SSSR count). The number of imidazole rings is 1. The summed E-state index contributed by atoms with van der Waals surface area (Å²) in [5.41, 5.74) is 8.88. The number of nitrogens with two attached hydrogens (primary N) is 1. The van der Waals surface area contributed by atoms with Gasteiger partial charge in [0.1, 0.15) is 5.82 Å². The fraction of sp³-hybridized carbons (Fsp3) is 0.562. The van der Waals surface area contributed by atoms with Crippen molar-refractivity contribution >= 4 is 11.0 Å². The molecule has 2 aromatic rings. The minimum Gasteiger partial charge on any atom is -0.327 e. The number of benzene rings is 1. The van der Waals surface area contributed by atoms with E-state index < -0.39 is 0 Å². The average Bonchev–Trinajstić information content (AvgIpc) is 3.09. The van der Waals surface area contributed by atoms with Gasteiger partial charge in [-0.2, -0.15) is 0 Å². The highest BCUT2D eigenvalue weighted by Crippen LogP contribution is 2.45. The lowest BCUT2D eigenvalue weighted by molar-refractivity contribution is 0.388. The van der Waals surface area contributed by atoms with Gasteiger partial charge in [0.05, 0.1) is 11.0 Å². The second kappa shape index (κ2) is 3.83. The molecule has 1 heterocycles. The third kappa shape index (κ3) is 1.57. The topological polar surface area (TPSA) is 43.8 Å². The van der Waals surface area contributed by atoms with Crippen LogP contribution < -0.4 is 5.73 Å². The summed E-state index contributed by atoms with van der Waals surface area (Å²) >= 11 is 0. The SMILES string of the molecule is CC1(c2nc3ccccc3n2C2CC2)CCCC1N. The van der Waals surface area contributed by atoms with E-state index in [1.165, 1.54) is 37.0 Å².